The lowest BCUT2D eigenvalue weighted by Gasteiger charge is -2.27. The normalized spacial score (nSPS) is 19.2. The summed E-state index contributed by atoms with van der Waals surface area (Å²) in [6.07, 6.45) is 0. The summed E-state index contributed by atoms with van der Waals surface area (Å²) in [5.74, 6) is 1.90. The van der Waals surface area contributed by atoms with Gasteiger partial charge in [0.05, 0.1) is 0 Å². The van der Waals surface area contributed by atoms with Gasteiger partial charge in [-0.2, -0.15) is 0 Å². The quantitative estimate of drug-likeness (QED) is 0.858. The van der Waals surface area contributed by atoms with E-state index < -0.39 is 0 Å². The zero-order valence-corrected chi connectivity index (χ0v) is 11.1. The van der Waals surface area contributed by atoms with Crippen molar-refractivity contribution in [2.75, 3.05) is 33.0 Å². The van der Waals surface area contributed by atoms with Crippen LogP contribution >= 0.6 is 0 Å². The summed E-state index contributed by atoms with van der Waals surface area (Å²) in [5, 5.41) is 3.38. The Hall–Kier alpha value is -1.26. The summed E-state index contributed by atoms with van der Waals surface area (Å²) in [4.78, 5) is 2.46. The van der Waals surface area contributed by atoms with E-state index in [2.05, 4.69) is 30.1 Å². The number of ether oxygens (including phenoxy) is 2. The van der Waals surface area contributed by atoms with Crippen LogP contribution in [-0.2, 0) is 6.54 Å². The summed E-state index contributed by atoms with van der Waals surface area (Å²) in [7, 11) is 0. The number of hydrogen-bond donors (Lipinski definition) is 1. The predicted octanol–water partition coefficient (Wildman–Crippen LogP) is 1.44. The number of benzene rings is 1. The average molecular weight is 248 g/mol. The van der Waals surface area contributed by atoms with E-state index in [4.69, 9.17) is 9.47 Å². The van der Waals surface area contributed by atoms with E-state index in [1.165, 1.54) is 16.7 Å². The van der Waals surface area contributed by atoms with Crippen molar-refractivity contribution in [1.29, 1.82) is 0 Å². The number of nitrogens with zero attached hydrogens (tertiary/aromatic N) is 1. The first-order valence-electron chi connectivity index (χ1n) is 6.57. The van der Waals surface area contributed by atoms with Crippen LogP contribution in [0.2, 0.25) is 0 Å². The van der Waals surface area contributed by atoms with Gasteiger partial charge in [0.25, 0.3) is 0 Å². The first-order valence-corrected chi connectivity index (χ1v) is 6.57. The minimum absolute atomic E-state index is 0.355. The van der Waals surface area contributed by atoms with Crippen LogP contribution in [0, 0.1) is 13.8 Å². The van der Waals surface area contributed by atoms with Crippen LogP contribution in [0.5, 0.6) is 11.5 Å². The fourth-order valence-corrected chi connectivity index (χ4v) is 2.64. The molecule has 0 saturated carbocycles. The van der Waals surface area contributed by atoms with Crippen molar-refractivity contribution in [2.24, 2.45) is 0 Å². The summed E-state index contributed by atoms with van der Waals surface area (Å²) in [5.41, 5.74) is 3.74. The third-order valence-electron chi connectivity index (χ3n) is 3.83. The molecule has 0 radical (unpaired) electrons. The molecule has 18 heavy (non-hydrogen) atoms. The Kier molecular flexibility index (Phi) is 3.14. The van der Waals surface area contributed by atoms with Crippen molar-refractivity contribution in [3.8, 4) is 11.5 Å². The Bertz CT molecular complexity index is 454. The number of rotatable bonds is 2. The van der Waals surface area contributed by atoms with Gasteiger partial charge in [-0.3, -0.25) is 4.90 Å². The lowest BCUT2D eigenvalue weighted by atomic mass is 10.0. The Morgan fingerprint density at radius 3 is 2.67 bits per heavy atom. The molecule has 0 spiro atoms. The van der Waals surface area contributed by atoms with E-state index in [0.29, 0.717) is 6.79 Å². The molecule has 1 aromatic rings. The first kappa shape index (κ1) is 11.8. The third-order valence-corrected chi connectivity index (χ3v) is 3.83. The molecule has 0 aromatic heterocycles. The van der Waals surface area contributed by atoms with Crippen molar-refractivity contribution in [3.05, 3.63) is 22.8 Å². The van der Waals surface area contributed by atoms with Crippen LogP contribution in [0.3, 0.4) is 0 Å². The highest BCUT2D eigenvalue weighted by Crippen LogP contribution is 2.40. The molecule has 2 aliphatic heterocycles. The van der Waals surface area contributed by atoms with Gasteiger partial charge in [-0.05, 0) is 25.0 Å². The van der Waals surface area contributed by atoms with Crippen LogP contribution in [0.1, 0.15) is 16.7 Å². The predicted molar refractivity (Wildman–Crippen MR) is 70.2 cm³/mol. The lowest BCUT2D eigenvalue weighted by Crippen LogP contribution is -2.42. The van der Waals surface area contributed by atoms with E-state index in [-0.39, 0.29) is 0 Å². The van der Waals surface area contributed by atoms with Gasteiger partial charge in [-0.1, -0.05) is 6.07 Å². The Balaban J connectivity index is 1.87. The van der Waals surface area contributed by atoms with Crippen LogP contribution < -0.4 is 14.8 Å². The Morgan fingerprint density at radius 1 is 1.17 bits per heavy atom. The molecule has 2 aliphatic rings. The molecule has 4 nitrogen and oxygen atoms in total. The molecule has 0 atom stereocenters. The van der Waals surface area contributed by atoms with Gasteiger partial charge in [-0.25, -0.2) is 0 Å². The maximum absolute atomic E-state index is 5.64. The minimum atomic E-state index is 0.355. The molecule has 2 heterocycles. The van der Waals surface area contributed by atoms with Crippen molar-refractivity contribution >= 4 is 0 Å². The van der Waals surface area contributed by atoms with Crippen molar-refractivity contribution < 1.29 is 9.47 Å². The van der Waals surface area contributed by atoms with Crippen LogP contribution in [0.25, 0.3) is 0 Å². The van der Waals surface area contributed by atoms with E-state index >= 15 is 0 Å². The van der Waals surface area contributed by atoms with E-state index in [1.54, 1.807) is 0 Å². The van der Waals surface area contributed by atoms with Crippen LogP contribution in [0.4, 0.5) is 0 Å². The molecular formula is C14H20N2O2. The van der Waals surface area contributed by atoms with E-state index in [1.807, 2.05) is 0 Å². The largest absolute Gasteiger partial charge is 0.453 e. The molecular weight excluding hydrogens is 228 g/mol. The molecule has 1 aromatic carbocycles. The highest BCUT2D eigenvalue weighted by atomic mass is 16.7. The standard InChI is InChI=1S/C14H20N2O2/c1-10-7-12(8-16-5-3-15-4-6-16)14-13(11(10)2)17-9-18-14/h7,15H,3-6,8-9H2,1-2H3. The van der Waals surface area contributed by atoms with E-state index in [0.717, 1.165) is 44.2 Å². The highest BCUT2D eigenvalue weighted by molar-refractivity contribution is 5.56. The van der Waals surface area contributed by atoms with Gasteiger partial charge in [0.1, 0.15) is 0 Å². The summed E-state index contributed by atoms with van der Waals surface area (Å²) < 4.78 is 11.2. The second-order valence-corrected chi connectivity index (χ2v) is 5.07. The van der Waals surface area contributed by atoms with Crippen molar-refractivity contribution in [1.82, 2.24) is 10.2 Å². The molecule has 3 rings (SSSR count). The van der Waals surface area contributed by atoms with Gasteiger partial charge in [0.15, 0.2) is 11.5 Å². The zero-order valence-electron chi connectivity index (χ0n) is 11.1. The van der Waals surface area contributed by atoms with Gasteiger partial charge in [-0.15, -0.1) is 0 Å². The smallest absolute Gasteiger partial charge is 0.231 e. The second-order valence-electron chi connectivity index (χ2n) is 5.07. The van der Waals surface area contributed by atoms with Crippen LogP contribution in [0.15, 0.2) is 6.07 Å². The number of fused-ring (bicyclic) bond motifs is 1. The number of piperazine rings is 1. The molecule has 0 unspecified atom stereocenters. The topological polar surface area (TPSA) is 33.7 Å². The third kappa shape index (κ3) is 2.06. The van der Waals surface area contributed by atoms with Gasteiger partial charge in [0.2, 0.25) is 6.79 Å². The molecule has 1 saturated heterocycles. The Labute approximate surface area is 108 Å². The minimum Gasteiger partial charge on any atom is -0.453 e. The lowest BCUT2D eigenvalue weighted by molar-refractivity contribution is 0.170. The molecule has 0 amide bonds. The van der Waals surface area contributed by atoms with Gasteiger partial charge >= 0.3 is 0 Å². The molecule has 1 fully saturated rings. The second kappa shape index (κ2) is 4.78. The fourth-order valence-electron chi connectivity index (χ4n) is 2.64. The van der Waals surface area contributed by atoms with Crippen molar-refractivity contribution in [2.45, 2.75) is 20.4 Å². The van der Waals surface area contributed by atoms with Gasteiger partial charge < -0.3 is 14.8 Å². The van der Waals surface area contributed by atoms with Crippen LogP contribution in [-0.4, -0.2) is 37.9 Å². The number of aryl methyl sites for hydroxylation is 1. The monoisotopic (exact) mass is 248 g/mol. The van der Waals surface area contributed by atoms with E-state index in [9.17, 15) is 0 Å². The number of hydrogen-bond acceptors (Lipinski definition) is 4. The molecule has 1 N–H and O–H groups in total. The Morgan fingerprint density at radius 2 is 1.89 bits per heavy atom. The van der Waals surface area contributed by atoms with Gasteiger partial charge in [0, 0.05) is 38.3 Å². The molecule has 98 valence electrons. The summed E-state index contributed by atoms with van der Waals surface area (Å²) in [6, 6.07) is 2.24. The fraction of sp³-hybridized carbons (Fsp3) is 0.571. The summed E-state index contributed by atoms with van der Waals surface area (Å²) >= 11 is 0. The first-order chi connectivity index (χ1) is 8.75. The SMILES string of the molecule is Cc1cc(CN2CCNCC2)c2c(c1C)OCO2. The maximum Gasteiger partial charge on any atom is 0.231 e. The molecule has 0 aliphatic carbocycles. The maximum atomic E-state index is 5.64. The summed E-state index contributed by atoms with van der Waals surface area (Å²) in [6.45, 7) is 9.89. The molecule has 4 heteroatoms. The number of nitrogens with one attached hydrogen (secondary N) is 1. The zero-order chi connectivity index (χ0) is 12.5. The highest BCUT2D eigenvalue weighted by Gasteiger charge is 2.23. The average Bonchev–Trinajstić information content (AvgIpc) is 2.86. The molecule has 0 bridgehead atoms. The van der Waals surface area contributed by atoms with Crippen molar-refractivity contribution in [3.63, 3.8) is 0 Å².